The van der Waals surface area contributed by atoms with Crippen LogP contribution in [0.2, 0.25) is 5.02 Å². The Kier molecular flexibility index (Phi) is 9.09. The average molecular weight is 497 g/mol. The van der Waals surface area contributed by atoms with E-state index in [4.69, 9.17) is 11.6 Å². The van der Waals surface area contributed by atoms with Crippen molar-refractivity contribution in [2.45, 2.75) is 45.1 Å². The molecule has 8 heteroatoms. The van der Waals surface area contributed by atoms with E-state index in [9.17, 15) is 9.18 Å². The number of benzene rings is 1. The zero-order chi connectivity index (χ0) is 18.4. The first-order chi connectivity index (χ1) is 11.8. The molecule has 1 amide bonds. The van der Waals surface area contributed by atoms with E-state index in [0.717, 1.165) is 18.5 Å². The molecule has 1 heterocycles. The second-order valence-electron chi connectivity index (χ2n) is 6.89. The Balaban J connectivity index is 0.00000338. The van der Waals surface area contributed by atoms with Crippen molar-refractivity contribution in [2.75, 3.05) is 19.6 Å². The quantitative estimate of drug-likeness (QED) is 0.333. The van der Waals surface area contributed by atoms with Crippen LogP contribution in [-0.2, 0) is 10.2 Å². The summed E-state index contributed by atoms with van der Waals surface area (Å²) in [5.41, 5.74) is 0.522. The van der Waals surface area contributed by atoms with E-state index < -0.39 is 0 Å². The summed E-state index contributed by atoms with van der Waals surface area (Å²) in [6, 6.07) is 4.62. The van der Waals surface area contributed by atoms with Crippen molar-refractivity contribution in [3.63, 3.8) is 0 Å². The zero-order valence-electron chi connectivity index (χ0n) is 15.4. The van der Waals surface area contributed by atoms with Crippen molar-refractivity contribution < 1.29 is 9.18 Å². The molecule has 146 valence electrons. The molecule has 0 saturated carbocycles. The van der Waals surface area contributed by atoms with Gasteiger partial charge in [-0.25, -0.2) is 4.39 Å². The first-order valence-corrected chi connectivity index (χ1v) is 8.96. The Hall–Kier alpha value is -1.09. The van der Waals surface area contributed by atoms with Gasteiger partial charge in [-0.3, -0.25) is 9.79 Å². The van der Waals surface area contributed by atoms with Gasteiger partial charge in [0.2, 0.25) is 5.91 Å². The largest absolute Gasteiger partial charge is 0.357 e. The maximum Gasteiger partial charge on any atom is 0.220 e. The molecule has 1 fully saturated rings. The molecule has 1 aliphatic heterocycles. The molecule has 5 nitrogen and oxygen atoms in total. The Morgan fingerprint density at radius 2 is 2.19 bits per heavy atom. The SMILES string of the molecule is CCNC(=NCC(C)(C)c1ccc(F)cc1Cl)NC1CCC(=O)NC1.I. The van der Waals surface area contributed by atoms with Crippen LogP contribution in [-0.4, -0.2) is 37.5 Å². The van der Waals surface area contributed by atoms with Crippen LogP contribution < -0.4 is 16.0 Å². The van der Waals surface area contributed by atoms with Gasteiger partial charge in [-0.05, 0) is 31.0 Å². The van der Waals surface area contributed by atoms with Gasteiger partial charge in [-0.15, -0.1) is 24.0 Å². The predicted molar refractivity (Wildman–Crippen MR) is 115 cm³/mol. The number of hydrogen-bond acceptors (Lipinski definition) is 2. The number of guanidine groups is 1. The van der Waals surface area contributed by atoms with Crippen LogP contribution in [0.5, 0.6) is 0 Å². The van der Waals surface area contributed by atoms with Gasteiger partial charge in [0, 0.05) is 36.0 Å². The molecule has 3 N–H and O–H groups in total. The monoisotopic (exact) mass is 496 g/mol. The Labute approximate surface area is 176 Å². The normalized spacial score (nSPS) is 18.0. The van der Waals surface area contributed by atoms with Gasteiger partial charge in [0.15, 0.2) is 5.96 Å². The molecule has 1 unspecified atom stereocenters. The highest BCUT2D eigenvalue weighted by molar-refractivity contribution is 14.0. The highest BCUT2D eigenvalue weighted by Crippen LogP contribution is 2.30. The molecular formula is C18H27ClFIN4O. The van der Waals surface area contributed by atoms with E-state index in [0.29, 0.717) is 30.5 Å². The molecular weight excluding hydrogens is 470 g/mol. The molecule has 0 spiro atoms. The van der Waals surface area contributed by atoms with Crippen LogP contribution in [0.1, 0.15) is 39.2 Å². The van der Waals surface area contributed by atoms with Crippen molar-refractivity contribution in [3.05, 3.63) is 34.6 Å². The van der Waals surface area contributed by atoms with Gasteiger partial charge in [-0.2, -0.15) is 0 Å². The maximum absolute atomic E-state index is 13.3. The number of carbonyl (C=O) groups excluding carboxylic acids is 1. The lowest BCUT2D eigenvalue weighted by atomic mass is 9.84. The molecule has 0 aromatic heterocycles. The lowest BCUT2D eigenvalue weighted by molar-refractivity contribution is -0.122. The summed E-state index contributed by atoms with van der Waals surface area (Å²) in [6.07, 6.45) is 1.30. The average Bonchev–Trinajstić information content (AvgIpc) is 2.54. The minimum atomic E-state index is -0.345. The van der Waals surface area contributed by atoms with Crippen LogP contribution in [0, 0.1) is 5.82 Å². The number of halogens is 3. The fourth-order valence-electron chi connectivity index (χ4n) is 2.77. The third-order valence-electron chi connectivity index (χ3n) is 4.24. The molecule has 1 aromatic rings. The van der Waals surface area contributed by atoms with Crippen LogP contribution in [0.15, 0.2) is 23.2 Å². The molecule has 1 saturated heterocycles. The van der Waals surface area contributed by atoms with E-state index in [1.165, 1.54) is 12.1 Å². The number of hydrogen-bond donors (Lipinski definition) is 3. The van der Waals surface area contributed by atoms with E-state index in [2.05, 4.69) is 20.9 Å². The van der Waals surface area contributed by atoms with E-state index in [1.807, 2.05) is 20.8 Å². The topological polar surface area (TPSA) is 65.5 Å². The predicted octanol–water partition coefficient (Wildman–Crippen LogP) is 3.21. The highest BCUT2D eigenvalue weighted by atomic mass is 127. The summed E-state index contributed by atoms with van der Waals surface area (Å²) >= 11 is 6.20. The number of nitrogens with one attached hydrogen (secondary N) is 3. The standard InChI is InChI=1S/C18H26ClFN4O.HI/c1-4-21-17(24-13-6-8-16(25)22-10-13)23-11-18(2,3)14-7-5-12(20)9-15(14)19;/h5,7,9,13H,4,6,8,10-11H2,1-3H3,(H,22,25)(H2,21,23,24);1H. The van der Waals surface area contributed by atoms with Crippen molar-refractivity contribution in [2.24, 2.45) is 4.99 Å². The third kappa shape index (κ3) is 6.57. The minimum Gasteiger partial charge on any atom is -0.357 e. The van der Waals surface area contributed by atoms with Gasteiger partial charge >= 0.3 is 0 Å². The number of aliphatic imine (C=N–C) groups is 1. The van der Waals surface area contributed by atoms with E-state index in [-0.39, 0.29) is 47.2 Å². The van der Waals surface area contributed by atoms with Crippen molar-refractivity contribution >= 4 is 47.4 Å². The Bertz CT molecular complexity index is 644. The van der Waals surface area contributed by atoms with Crippen molar-refractivity contribution in [1.82, 2.24) is 16.0 Å². The first kappa shape index (κ1) is 23.0. The molecule has 0 aliphatic carbocycles. The first-order valence-electron chi connectivity index (χ1n) is 8.59. The van der Waals surface area contributed by atoms with Crippen molar-refractivity contribution in [3.8, 4) is 0 Å². The Morgan fingerprint density at radius 3 is 2.77 bits per heavy atom. The highest BCUT2D eigenvalue weighted by Gasteiger charge is 2.24. The third-order valence-corrected chi connectivity index (χ3v) is 4.56. The summed E-state index contributed by atoms with van der Waals surface area (Å²) in [4.78, 5) is 15.9. The lowest BCUT2D eigenvalue weighted by Gasteiger charge is -2.27. The van der Waals surface area contributed by atoms with Crippen LogP contribution >= 0.6 is 35.6 Å². The van der Waals surface area contributed by atoms with Crippen molar-refractivity contribution in [1.29, 1.82) is 0 Å². The summed E-state index contributed by atoms with van der Waals surface area (Å²) in [7, 11) is 0. The second-order valence-corrected chi connectivity index (χ2v) is 7.29. The molecule has 1 aliphatic rings. The lowest BCUT2D eigenvalue weighted by Crippen LogP contribution is -2.51. The number of piperidine rings is 1. The Morgan fingerprint density at radius 1 is 1.46 bits per heavy atom. The summed E-state index contributed by atoms with van der Waals surface area (Å²) in [5, 5.41) is 9.84. The molecule has 2 rings (SSSR count). The smallest absolute Gasteiger partial charge is 0.220 e. The van der Waals surface area contributed by atoms with Gasteiger partial charge in [0.05, 0.1) is 6.54 Å². The molecule has 1 aromatic carbocycles. The summed E-state index contributed by atoms with van der Waals surface area (Å²) < 4.78 is 13.3. The van der Waals surface area contributed by atoms with Crippen LogP contribution in [0.3, 0.4) is 0 Å². The molecule has 1 atom stereocenters. The van der Waals surface area contributed by atoms with Gasteiger partial charge in [0.1, 0.15) is 5.82 Å². The second kappa shape index (κ2) is 10.3. The zero-order valence-corrected chi connectivity index (χ0v) is 18.5. The minimum absolute atomic E-state index is 0. The fourth-order valence-corrected chi connectivity index (χ4v) is 3.19. The number of amides is 1. The van der Waals surface area contributed by atoms with Gasteiger partial charge < -0.3 is 16.0 Å². The molecule has 0 radical (unpaired) electrons. The van der Waals surface area contributed by atoms with E-state index in [1.54, 1.807) is 6.07 Å². The molecule has 0 bridgehead atoms. The van der Waals surface area contributed by atoms with Crippen LogP contribution in [0.25, 0.3) is 0 Å². The van der Waals surface area contributed by atoms with E-state index >= 15 is 0 Å². The summed E-state index contributed by atoms with van der Waals surface area (Å²) in [5.74, 6) is 0.449. The number of rotatable bonds is 5. The summed E-state index contributed by atoms with van der Waals surface area (Å²) in [6.45, 7) is 7.88. The fraction of sp³-hybridized carbons (Fsp3) is 0.556. The number of carbonyl (C=O) groups is 1. The van der Waals surface area contributed by atoms with Gasteiger partial charge in [-0.1, -0.05) is 31.5 Å². The maximum atomic E-state index is 13.3. The van der Waals surface area contributed by atoms with Crippen LogP contribution in [0.4, 0.5) is 4.39 Å². The number of nitrogens with zero attached hydrogens (tertiary/aromatic N) is 1. The molecule has 26 heavy (non-hydrogen) atoms. The van der Waals surface area contributed by atoms with Gasteiger partial charge in [0.25, 0.3) is 0 Å².